The number of amides is 1. The monoisotopic (exact) mass is 331 g/mol. The largest absolute Gasteiger partial charge is 0.274 e. The van der Waals surface area contributed by atoms with E-state index in [1.54, 1.807) is 6.20 Å². The van der Waals surface area contributed by atoms with E-state index < -0.39 is 0 Å². The van der Waals surface area contributed by atoms with Gasteiger partial charge in [0, 0.05) is 29.4 Å². The Morgan fingerprint density at radius 2 is 1.96 bits per heavy atom. The zero-order valence-corrected chi connectivity index (χ0v) is 14.3. The van der Waals surface area contributed by atoms with Crippen LogP contribution in [0.15, 0.2) is 54.9 Å². The molecule has 0 saturated heterocycles. The Labute approximate surface area is 147 Å². The first-order chi connectivity index (χ1) is 12.1. The van der Waals surface area contributed by atoms with E-state index in [0.717, 1.165) is 46.7 Å². The molecular formula is C21H21N3O. The van der Waals surface area contributed by atoms with E-state index in [9.17, 15) is 4.79 Å². The molecule has 126 valence electrons. The van der Waals surface area contributed by atoms with E-state index in [1.165, 1.54) is 5.01 Å². The first-order valence-electron chi connectivity index (χ1n) is 8.66. The van der Waals surface area contributed by atoms with Crippen molar-refractivity contribution in [3.05, 3.63) is 66.0 Å². The van der Waals surface area contributed by atoms with Gasteiger partial charge in [-0.3, -0.25) is 14.8 Å². The molecule has 4 heteroatoms. The lowest BCUT2D eigenvalue weighted by atomic mass is 9.91. The van der Waals surface area contributed by atoms with Crippen molar-refractivity contribution < 1.29 is 4.79 Å². The fraction of sp³-hybridized carbons (Fsp3) is 0.238. The number of nitrogens with two attached hydrogens (primary N) is 1. The van der Waals surface area contributed by atoms with Crippen molar-refractivity contribution >= 4 is 16.7 Å². The third-order valence-electron chi connectivity index (χ3n) is 5.14. The normalized spacial score (nSPS) is 14.3. The number of aryl methyl sites for hydroxylation is 1. The van der Waals surface area contributed by atoms with Gasteiger partial charge in [-0.05, 0) is 72.5 Å². The summed E-state index contributed by atoms with van der Waals surface area (Å²) in [6.07, 6.45) is 6.80. The van der Waals surface area contributed by atoms with Gasteiger partial charge in [0.15, 0.2) is 0 Å². The van der Waals surface area contributed by atoms with E-state index >= 15 is 0 Å². The van der Waals surface area contributed by atoms with Crippen molar-refractivity contribution in [2.45, 2.75) is 32.2 Å². The van der Waals surface area contributed by atoms with Gasteiger partial charge in [-0.25, -0.2) is 5.84 Å². The summed E-state index contributed by atoms with van der Waals surface area (Å²) in [5.41, 5.74) is 3.91. The summed E-state index contributed by atoms with van der Waals surface area (Å²) < 4.78 is 0. The second-order valence-corrected chi connectivity index (χ2v) is 6.76. The Bertz CT molecular complexity index is 947. The van der Waals surface area contributed by atoms with Gasteiger partial charge >= 0.3 is 0 Å². The number of aromatic nitrogens is 1. The van der Waals surface area contributed by atoms with Gasteiger partial charge in [0.05, 0.1) is 0 Å². The van der Waals surface area contributed by atoms with Crippen LogP contribution in [0, 0.1) is 6.92 Å². The van der Waals surface area contributed by atoms with E-state index in [-0.39, 0.29) is 11.9 Å². The van der Waals surface area contributed by atoms with Crippen LogP contribution in [0.25, 0.3) is 21.9 Å². The van der Waals surface area contributed by atoms with Crippen molar-refractivity contribution in [2.75, 3.05) is 0 Å². The Hall–Kier alpha value is -2.72. The minimum absolute atomic E-state index is 0.103. The molecule has 2 N–H and O–H groups in total. The fourth-order valence-electron chi connectivity index (χ4n) is 3.30. The molecule has 0 unspecified atom stereocenters. The fourth-order valence-corrected chi connectivity index (χ4v) is 3.30. The average Bonchev–Trinajstić information content (AvgIpc) is 2.59. The molecule has 1 aliphatic rings. The standard InChI is InChI=1S/C21H21N3O/c1-14-5-6-17(21(25)24(22)19-3-2-4-19)12-20(14)16-8-7-15-9-10-23-13-18(15)11-16/h5-13,19H,2-4,22H2,1H3. The molecule has 0 radical (unpaired) electrons. The summed E-state index contributed by atoms with van der Waals surface area (Å²) in [7, 11) is 0. The molecule has 4 nitrogen and oxygen atoms in total. The first kappa shape index (κ1) is 15.8. The van der Waals surface area contributed by atoms with E-state index in [2.05, 4.69) is 30.1 Å². The van der Waals surface area contributed by atoms with Crippen LogP contribution in [0.4, 0.5) is 0 Å². The highest BCUT2D eigenvalue weighted by Crippen LogP contribution is 2.29. The Morgan fingerprint density at radius 3 is 2.72 bits per heavy atom. The number of benzene rings is 2. The number of nitrogens with zero attached hydrogens (tertiary/aromatic N) is 2. The van der Waals surface area contributed by atoms with Gasteiger partial charge < -0.3 is 0 Å². The maximum atomic E-state index is 12.7. The minimum atomic E-state index is -0.103. The molecule has 1 aliphatic carbocycles. The van der Waals surface area contributed by atoms with Crippen LogP contribution in [0.3, 0.4) is 0 Å². The van der Waals surface area contributed by atoms with Gasteiger partial charge in [0.25, 0.3) is 5.91 Å². The molecule has 1 fully saturated rings. The Kier molecular flexibility index (Phi) is 3.98. The number of hydrazine groups is 1. The van der Waals surface area contributed by atoms with Gasteiger partial charge in [0.1, 0.15) is 0 Å². The minimum Gasteiger partial charge on any atom is -0.274 e. The lowest BCUT2D eigenvalue weighted by Crippen LogP contribution is -2.48. The van der Waals surface area contributed by atoms with Gasteiger partial charge in [-0.2, -0.15) is 0 Å². The highest BCUT2D eigenvalue weighted by atomic mass is 16.2. The summed E-state index contributed by atoms with van der Waals surface area (Å²) in [6.45, 7) is 2.06. The zero-order chi connectivity index (χ0) is 17.4. The molecule has 2 aromatic carbocycles. The lowest BCUT2D eigenvalue weighted by Gasteiger charge is -2.34. The zero-order valence-electron chi connectivity index (χ0n) is 14.3. The smallest absolute Gasteiger partial charge is 0.268 e. The molecule has 0 atom stereocenters. The number of rotatable bonds is 3. The highest BCUT2D eigenvalue weighted by molar-refractivity contribution is 5.96. The summed E-state index contributed by atoms with van der Waals surface area (Å²) in [5.74, 6) is 5.93. The number of hydrogen-bond acceptors (Lipinski definition) is 3. The summed E-state index contributed by atoms with van der Waals surface area (Å²) >= 11 is 0. The van der Waals surface area contributed by atoms with Gasteiger partial charge in [-0.1, -0.05) is 18.2 Å². The van der Waals surface area contributed by atoms with Crippen LogP contribution in [0.2, 0.25) is 0 Å². The van der Waals surface area contributed by atoms with E-state index in [1.807, 2.05) is 30.5 Å². The third-order valence-corrected chi connectivity index (χ3v) is 5.14. The van der Waals surface area contributed by atoms with Crippen LogP contribution >= 0.6 is 0 Å². The molecule has 1 saturated carbocycles. The summed E-state index contributed by atoms with van der Waals surface area (Å²) in [6, 6.07) is 14.3. The quantitative estimate of drug-likeness (QED) is 0.447. The van der Waals surface area contributed by atoms with Crippen molar-refractivity contribution in [3.8, 4) is 11.1 Å². The molecule has 0 spiro atoms. The molecule has 1 heterocycles. The van der Waals surface area contributed by atoms with Crippen LogP contribution in [0.5, 0.6) is 0 Å². The van der Waals surface area contributed by atoms with Crippen LogP contribution in [-0.4, -0.2) is 21.9 Å². The van der Waals surface area contributed by atoms with Crippen molar-refractivity contribution in [2.24, 2.45) is 5.84 Å². The molecule has 1 amide bonds. The summed E-state index contributed by atoms with van der Waals surface area (Å²) in [5, 5.41) is 3.65. The second kappa shape index (κ2) is 6.30. The number of carbonyl (C=O) groups is 1. The second-order valence-electron chi connectivity index (χ2n) is 6.76. The molecular weight excluding hydrogens is 310 g/mol. The predicted molar refractivity (Wildman–Crippen MR) is 99.9 cm³/mol. The molecule has 3 aromatic rings. The predicted octanol–water partition coefficient (Wildman–Crippen LogP) is 4.08. The maximum absolute atomic E-state index is 12.7. The maximum Gasteiger partial charge on any atom is 0.268 e. The third kappa shape index (κ3) is 2.89. The van der Waals surface area contributed by atoms with Crippen LogP contribution in [-0.2, 0) is 0 Å². The van der Waals surface area contributed by atoms with E-state index in [4.69, 9.17) is 5.84 Å². The van der Waals surface area contributed by atoms with E-state index in [0.29, 0.717) is 5.56 Å². The average molecular weight is 331 g/mol. The first-order valence-corrected chi connectivity index (χ1v) is 8.66. The SMILES string of the molecule is Cc1ccc(C(=O)N(N)C2CCC2)cc1-c1ccc2ccncc2c1. The number of fused-ring (bicyclic) bond motifs is 1. The van der Waals surface area contributed by atoms with Gasteiger partial charge in [-0.15, -0.1) is 0 Å². The van der Waals surface area contributed by atoms with Gasteiger partial charge in [0.2, 0.25) is 0 Å². The molecule has 0 aliphatic heterocycles. The van der Waals surface area contributed by atoms with Crippen molar-refractivity contribution in [1.29, 1.82) is 0 Å². The Balaban J connectivity index is 1.72. The van der Waals surface area contributed by atoms with Crippen LogP contribution in [0.1, 0.15) is 35.2 Å². The van der Waals surface area contributed by atoms with Crippen molar-refractivity contribution in [1.82, 2.24) is 9.99 Å². The number of pyridine rings is 1. The van der Waals surface area contributed by atoms with Crippen molar-refractivity contribution in [3.63, 3.8) is 0 Å². The lowest BCUT2D eigenvalue weighted by molar-refractivity contribution is 0.0579. The summed E-state index contributed by atoms with van der Waals surface area (Å²) in [4.78, 5) is 16.9. The highest BCUT2D eigenvalue weighted by Gasteiger charge is 2.27. The topological polar surface area (TPSA) is 59.2 Å². The van der Waals surface area contributed by atoms with Crippen LogP contribution < -0.4 is 5.84 Å². The molecule has 0 bridgehead atoms. The number of carbonyl (C=O) groups excluding carboxylic acids is 1. The molecule has 1 aromatic heterocycles. The molecule has 25 heavy (non-hydrogen) atoms. The molecule has 4 rings (SSSR count). The number of hydrogen-bond donors (Lipinski definition) is 1. The Morgan fingerprint density at radius 1 is 1.12 bits per heavy atom.